The third-order valence-electron chi connectivity index (χ3n) is 2.68. The van der Waals surface area contributed by atoms with Gasteiger partial charge >= 0.3 is 12.1 Å². The Kier molecular flexibility index (Phi) is 3.35. The second-order valence-electron chi connectivity index (χ2n) is 4.04. The van der Waals surface area contributed by atoms with Crippen molar-refractivity contribution in [2.24, 2.45) is 0 Å². The summed E-state index contributed by atoms with van der Waals surface area (Å²) in [4.78, 5) is 14.9. The number of carboxylic acids is 1. The molecule has 20 heavy (non-hydrogen) atoms. The molecule has 0 aliphatic carbocycles. The minimum Gasteiger partial charge on any atom is -0.478 e. The fourth-order valence-corrected chi connectivity index (χ4v) is 1.72. The zero-order chi connectivity index (χ0) is 14.9. The molecule has 104 valence electrons. The molecule has 0 atom stereocenters. The second kappa shape index (κ2) is 4.84. The normalized spacial score (nSPS) is 11.3. The summed E-state index contributed by atoms with van der Waals surface area (Å²) in [6, 6.07) is 5.33. The van der Waals surface area contributed by atoms with Gasteiger partial charge < -0.3 is 10.8 Å². The maximum Gasteiger partial charge on any atom is 0.416 e. The number of hydrogen-bond acceptors (Lipinski definition) is 3. The quantitative estimate of drug-likeness (QED) is 0.887. The van der Waals surface area contributed by atoms with Crippen molar-refractivity contribution in [3.63, 3.8) is 0 Å². The van der Waals surface area contributed by atoms with Gasteiger partial charge in [-0.2, -0.15) is 13.2 Å². The van der Waals surface area contributed by atoms with E-state index in [9.17, 15) is 18.0 Å². The van der Waals surface area contributed by atoms with E-state index >= 15 is 0 Å². The second-order valence-corrected chi connectivity index (χ2v) is 4.04. The van der Waals surface area contributed by atoms with Crippen molar-refractivity contribution in [1.82, 2.24) is 4.98 Å². The van der Waals surface area contributed by atoms with Crippen LogP contribution in [0.3, 0.4) is 0 Å². The standard InChI is InChI=1S/C13H9F3N2O2/c14-13(15,16)8-3-1-7(2-4-8)10-6-18-11(17)5-9(10)12(19)20/h1-6H,(H2,17,18)(H,19,20). The summed E-state index contributed by atoms with van der Waals surface area (Å²) in [6.45, 7) is 0. The van der Waals surface area contributed by atoms with E-state index in [1.54, 1.807) is 0 Å². The number of alkyl halides is 3. The Morgan fingerprint density at radius 1 is 1.20 bits per heavy atom. The van der Waals surface area contributed by atoms with E-state index in [4.69, 9.17) is 10.8 Å². The molecule has 0 radical (unpaired) electrons. The van der Waals surface area contributed by atoms with Crippen LogP contribution in [0.25, 0.3) is 11.1 Å². The number of aromatic carboxylic acids is 1. The number of nitrogens with zero attached hydrogens (tertiary/aromatic N) is 1. The summed E-state index contributed by atoms with van der Waals surface area (Å²) in [5, 5.41) is 9.07. The molecule has 2 rings (SSSR count). The highest BCUT2D eigenvalue weighted by Crippen LogP contribution is 2.31. The maximum atomic E-state index is 12.5. The molecular weight excluding hydrogens is 273 g/mol. The summed E-state index contributed by atoms with van der Waals surface area (Å²) in [5.41, 5.74) is 5.01. The first-order valence-corrected chi connectivity index (χ1v) is 5.45. The molecule has 1 aromatic carbocycles. The van der Waals surface area contributed by atoms with Gasteiger partial charge in [0.05, 0.1) is 11.1 Å². The van der Waals surface area contributed by atoms with E-state index in [1.165, 1.54) is 18.3 Å². The molecule has 1 heterocycles. The molecule has 0 saturated heterocycles. The monoisotopic (exact) mass is 282 g/mol. The van der Waals surface area contributed by atoms with Gasteiger partial charge in [0, 0.05) is 11.8 Å². The minimum atomic E-state index is -4.44. The van der Waals surface area contributed by atoms with E-state index in [0.29, 0.717) is 5.56 Å². The Labute approximate surface area is 111 Å². The highest BCUT2D eigenvalue weighted by atomic mass is 19.4. The van der Waals surface area contributed by atoms with Gasteiger partial charge in [-0.3, -0.25) is 0 Å². The lowest BCUT2D eigenvalue weighted by molar-refractivity contribution is -0.137. The van der Waals surface area contributed by atoms with Crippen LogP contribution in [0.1, 0.15) is 15.9 Å². The van der Waals surface area contributed by atoms with Gasteiger partial charge in [-0.05, 0) is 23.8 Å². The van der Waals surface area contributed by atoms with Crippen LogP contribution in [0, 0.1) is 0 Å². The third-order valence-corrected chi connectivity index (χ3v) is 2.68. The van der Waals surface area contributed by atoms with E-state index < -0.39 is 17.7 Å². The maximum absolute atomic E-state index is 12.5. The molecular formula is C13H9F3N2O2. The molecule has 0 unspecified atom stereocenters. The van der Waals surface area contributed by atoms with Gasteiger partial charge in [0.25, 0.3) is 0 Å². The van der Waals surface area contributed by atoms with Crippen molar-refractivity contribution in [2.75, 3.05) is 5.73 Å². The van der Waals surface area contributed by atoms with Gasteiger partial charge in [-0.1, -0.05) is 12.1 Å². The summed E-state index contributed by atoms with van der Waals surface area (Å²) in [7, 11) is 0. The van der Waals surface area contributed by atoms with Crippen LogP contribution in [0.2, 0.25) is 0 Å². The summed E-state index contributed by atoms with van der Waals surface area (Å²) >= 11 is 0. The molecule has 0 aliphatic rings. The number of carboxylic acid groups (broad SMARTS) is 1. The Morgan fingerprint density at radius 3 is 2.30 bits per heavy atom. The molecule has 0 amide bonds. The summed E-state index contributed by atoms with van der Waals surface area (Å²) in [6.07, 6.45) is -3.21. The average molecular weight is 282 g/mol. The van der Waals surface area contributed by atoms with E-state index in [2.05, 4.69) is 4.98 Å². The van der Waals surface area contributed by atoms with Crippen LogP contribution in [-0.2, 0) is 6.18 Å². The number of nitrogen functional groups attached to an aromatic ring is 1. The van der Waals surface area contributed by atoms with Crippen LogP contribution in [-0.4, -0.2) is 16.1 Å². The first kappa shape index (κ1) is 13.9. The molecule has 0 fully saturated rings. The van der Waals surface area contributed by atoms with Crippen molar-refractivity contribution in [2.45, 2.75) is 6.18 Å². The number of benzene rings is 1. The number of rotatable bonds is 2. The highest BCUT2D eigenvalue weighted by Gasteiger charge is 2.30. The van der Waals surface area contributed by atoms with Gasteiger partial charge in [-0.15, -0.1) is 0 Å². The van der Waals surface area contributed by atoms with Gasteiger partial charge in [-0.25, -0.2) is 9.78 Å². The van der Waals surface area contributed by atoms with Crippen LogP contribution < -0.4 is 5.73 Å². The van der Waals surface area contributed by atoms with E-state index in [-0.39, 0.29) is 16.9 Å². The molecule has 4 nitrogen and oxygen atoms in total. The molecule has 3 N–H and O–H groups in total. The molecule has 0 spiro atoms. The number of nitrogens with two attached hydrogens (primary N) is 1. The van der Waals surface area contributed by atoms with E-state index in [0.717, 1.165) is 18.2 Å². The molecule has 0 saturated carbocycles. The Bertz CT molecular complexity index is 652. The SMILES string of the molecule is Nc1cc(C(=O)O)c(-c2ccc(C(F)(F)F)cc2)cn1. The number of aromatic nitrogens is 1. The fraction of sp³-hybridized carbons (Fsp3) is 0.0769. The minimum absolute atomic E-state index is 0.0260. The summed E-state index contributed by atoms with van der Waals surface area (Å²) in [5.74, 6) is -1.20. The lowest BCUT2D eigenvalue weighted by atomic mass is 10.0. The smallest absolute Gasteiger partial charge is 0.416 e. The number of halogens is 3. The summed E-state index contributed by atoms with van der Waals surface area (Å²) < 4.78 is 37.4. The zero-order valence-corrected chi connectivity index (χ0v) is 9.98. The van der Waals surface area contributed by atoms with Crippen molar-refractivity contribution >= 4 is 11.8 Å². The van der Waals surface area contributed by atoms with Gasteiger partial charge in [0.15, 0.2) is 0 Å². The molecule has 0 aliphatic heterocycles. The number of hydrogen-bond donors (Lipinski definition) is 2. The zero-order valence-electron chi connectivity index (χ0n) is 9.98. The van der Waals surface area contributed by atoms with Crippen molar-refractivity contribution < 1.29 is 23.1 Å². The molecule has 2 aromatic rings. The predicted octanol–water partition coefficient (Wildman–Crippen LogP) is 3.05. The topological polar surface area (TPSA) is 76.2 Å². The molecule has 7 heteroatoms. The largest absolute Gasteiger partial charge is 0.478 e. The van der Waals surface area contributed by atoms with E-state index in [1.807, 2.05) is 0 Å². The Hall–Kier alpha value is -2.57. The third kappa shape index (κ3) is 2.71. The Morgan fingerprint density at radius 2 is 1.80 bits per heavy atom. The van der Waals surface area contributed by atoms with Crippen LogP contribution >= 0.6 is 0 Å². The first-order valence-electron chi connectivity index (χ1n) is 5.45. The van der Waals surface area contributed by atoms with Crippen molar-refractivity contribution in [3.05, 3.63) is 47.7 Å². The molecule has 1 aromatic heterocycles. The fourth-order valence-electron chi connectivity index (χ4n) is 1.72. The predicted molar refractivity (Wildman–Crippen MR) is 66.0 cm³/mol. The van der Waals surface area contributed by atoms with Crippen LogP contribution in [0.15, 0.2) is 36.5 Å². The number of anilines is 1. The average Bonchev–Trinajstić information content (AvgIpc) is 2.37. The van der Waals surface area contributed by atoms with Gasteiger partial charge in [0.2, 0.25) is 0 Å². The van der Waals surface area contributed by atoms with Gasteiger partial charge in [0.1, 0.15) is 5.82 Å². The van der Waals surface area contributed by atoms with Crippen LogP contribution in [0.5, 0.6) is 0 Å². The van der Waals surface area contributed by atoms with Crippen molar-refractivity contribution in [1.29, 1.82) is 0 Å². The number of pyridine rings is 1. The Balaban J connectivity index is 2.50. The number of carbonyl (C=O) groups is 1. The van der Waals surface area contributed by atoms with Crippen LogP contribution in [0.4, 0.5) is 19.0 Å². The van der Waals surface area contributed by atoms with Crippen molar-refractivity contribution in [3.8, 4) is 11.1 Å². The first-order chi connectivity index (χ1) is 9.29. The lowest BCUT2D eigenvalue weighted by Gasteiger charge is -2.09. The highest BCUT2D eigenvalue weighted by molar-refractivity contribution is 5.96. The molecule has 0 bridgehead atoms. The lowest BCUT2D eigenvalue weighted by Crippen LogP contribution is -2.05.